The lowest BCUT2D eigenvalue weighted by atomic mass is 9.77. The Hall–Kier alpha value is 0.910. The summed E-state index contributed by atoms with van der Waals surface area (Å²) in [5.41, 5.74) is 0. The second-order valence-corrected chi connectivity index (χ2v) is 11.8. The lowest BCUT2D eigenvalue weighted by Gasteiger charge is -2.39. The molecule has 0 nitrogen and oxygen atoms in total. The maximum absolute atomic E-state index is 3.49. The van der Waals surface area contributed by atoms with Crippen LogP contribution in [0.3, 0.4) is 0 Å². The van der Waals surface area contributed by atoms with Gasteiger partial charge in [-0.3, -0.25) is 0 Å². The zero-order valence-corrected chi connectivity index (χ0v) is 25.9. The van der Waals surface area contributed by atoms with Gasteiger partial charge in [-0.15, -0.1) is 26.2 Å². The van der Waals surface area contributed by atoms with E-state index in [4.69, 9.17) is 0 Å². The first kappa shape index (κ1) is 35.1. The van der Waals surface area contributed by atoms with Crippen molar-refractivity contribution >= 4 is 26.2 Å². The van der Waals surface area contributed by atoms with E-state index >= 15 is 0 Å². The zero-order chi connectivity index (χ0) is 23.0. The summed E-state index contributed by atoms with van der Waals surface area (Å²) < 4.78 is 0. The highest BCUT2D eigenvalue weighted by molar-refractivity contribution is 8.93. The molecular weight excluding hydrogens is 471 g/mol. The predicted molar refractivity (Wildman–Crippen MR) is 160 cm³/mol. The molecule has 0 rings (SSSR count). The van der Waals surface area contributed by atoms with Gasteiger partial charge in [0.05, 0.1) is 0 Å². The molecule has 0 fully saturated rings. The third-order valence-electron chi connectivity index (χ3n) is 7.62. The summed E-state index contributed by atoms with van der Waals surface area (Å²) in [4.78, 5) is 0. The minimum Gasteiger partial charge on any atom is -0.131 e. The summed E-state index contributed by atoms with van der Waals surface area (Å²) in [6.45, 7) is 9.35. The number of hydrogen-bond acceptors (Lipinski definition) is 0. The van der Waals surface area contributed by atoms with Crippen molar-refractivity contribution in [3.8, 4) is 0 Å². The van der Waals surface area contributed by atoms with Gasteiger partial charge in [-0.05, 0) is 36.8 Å². The minimum atomic E-state index is 0. The second-order valence-electron chi connectivity index (χ2n) is 10.7. The van der Waals surface area contributed by atoms with E-state index in [1.165, 1.54) is 154 Å². The van der Waals surface area contributed by atoms with Gasteiger partial charge < -0.3 is 0 Å². The first-order chi connectivity index (χ1) is 15.1. The van der Waals surface area contributed by atoms with Gasteiger partial charge >= 0.3 is 0 Å². The van der Waals surface area contributed by atoms with Crippen LogP contribution < -0.4 is 0 Å². The van der Waals surface area contributed by atoms with Crippen molar-refractivity contribution in [1.82, 2.24) is 0 Å². The van der Waals surface area contributed by atoms with Gasteiger partial charge in [0.25, 0.3) is 0 Å². The van der Waals surface area contributed by atoms with Crippen molar-refractivity contribution in [1.29, 1.82) is 0 Å². The van der Waals surface area contributed by atoms with Gasteiger partial charge in [-0.2, -0.15) is 0 Å². The van der Waals surface area contributed by atoms with Gasteiger partial charge in [-0.25, -0.2) is 0 Å². The first-order valence-electron chi connectivity index (χ1n) is 14.9. The lowest BCUT2D eigenvalue weighted by molar-refractivity contribution is 0.269. The maximum atomic E-state index is 3.49. The fraction of sp³-hybridized carbons (Fsp3) is 1.00. The summed E-state index contributed by atoms with van der Waals surface area (Å²) in [5.74, 6) is 0.943. The Kier molecular flexibility index (Phi) is 29.1. The average Bonchev–Trinajstić information content (AvgIpc) is 2.77. The minimum absolute atomic E-state index is 0. The molecule has 1 unspecified atom stereocenters. The van der Waals surface area contributed by atoms with Gasteiger partial charge in [0.2, 0.25) is 0 Å². The highest BCUT2D eigenvalue weighted by Crippen LogP contribution is 2.44. The molecule has 1 atom stereocenters. The molecule has 0 aromatic carbocycles. The highest BCUT2D eigenvalue weighted by Gasteiger charge is 2.32. The number of rotatable bonds is 25. The van der Waals surface area contributed by atoms with Gasteiger partial charge in [0.15, 0.2) is 0 Å². The van der Waals surface area contributed by atoms with Crippen LogP contribution in [-0.2, 0) is 0 Å². The van der Waals surface area contributed by atoms with Crippen molar-refractivity contribution in [2.45, 2.75) is 187 Å². The summed E-state index contributed by atoms with van der Waals surface area (Å²) in [7, 11) is 3.49. The van der Waals surface area contributed by atoms with Gasteiger partial charge in [-0.1, -0.05) is 156 Å². The SMILES string of the molecule is Br.CCCCCCCC(CCCCCCC)C(P)(CCCCCCC)CCCCCCC. The molecule has 0 amide bonds. The van der Waals surface area contributed by atoms with Crippen molar-refractivity contribution in [2.24, 2.45) is 5.92 Å². The monoisotopic (exact) mass is 534 g/mol. The summed E-state index contributed by atoms with van der Waals surface area (Å²) in [5, 5.41) is 0.522. The quantitative estimate of drug-likeness (QED) is 0.0805. The van der Waals surface area contributed by atoms with E-state index in [0.29, 0.717) is 5.16 Å². The Balaban J connectivity index is 0. The topological polar surface area (TPSA) is 0 Å². The molecule has 196 valence electrons. The Bertz CT molecular complexity index is 316. The van der Waals surface area contributed by atoms with Crippen molar-refractivity contribution in [3.63, 3.8) is 0 Å². The molecule has 0 radical (unpaired) electrons. The normalized spacial score (nSPS) is 11.8. The molecule has 0 heterocycles. The van der Waals surface area contributed by atoms with Crippen molar-refractivity contribution in [2.75, 3.05) is 0 Å². The standard InChI is InChI=1S/C30H63P.BrH/c1-5-9-13-17-21-25-29(26-22-18-14-10-6-2)30(31,27-23-19-15-11-7-3)28-24-20-16-12-8-4;/h29H,5-28,31H2,1-4H3;1H. The van der Waals surface area contributed by atoms with Crippen LogP contribution in [0, 0.1) is 5.92 Å². The number of hydrogen-bond donors (Lipinski definition) is 0. The van der Waals surface area contributed by atoms with E-state index in [2.05, 4.69) is 36.9 Å². The Morgan fingerprint density at radius 1 is 0.438 bits per heavy atom. The lowest BCUT2D eigenvalue weighted by Crippen LogP contribution is -2.32. The number of halogens is 1. The molecule has 0 aliphatic heterocycles. The molecule has 0 saturated heterocycles. The van der Waals surface area contributed by atoms with E-state index in [-0.39, 0.29) is 17.0 Å². The molecule has 0 bridgehead atoms. The largest absolute Gasteiger partial charge is 0.131 e. The molecule has 0 aliphatic rings. The van der Waals surface area contributed by atoms with Crippen LogP contribution in [0.4, 0.5) is 0 Å². The molecule has 32 heavy (non-hydrogen) atoms. The Morgan fingerprint density at radius 3 is 1.03 bits per heavy atom. The second kappa shape index (κ2) is 26.5. The Labute approximate surface area is 218 Å². The summed E-state index contributed by atoms with van der Waals surface area (Å²) >= 11 is 0. The fourth-order valence-electron chi connectivity index (χ4n) is 5.36. The van der Waals surface area contributed by atoms with Crippen LogP contribution in [0.5, 0.6) is 0 Å². The average molecular weight is 536 g/mol. The third-order valence-corrected chi connectivity index (χ3v) is 8.67. The van der Waals surface area contributed by atoms with Crippen LogP contribution in [0.25, 0.3) is 0 Å². The molecule has 0 spiro atoms. The van der Waals surface area contributed by atoms with Crippen LogP contribution in [0.1, 0.15) is 182 Å². The van der Waals surface area contributed by atoms with E-state index in [0.717, 1.165) is 5.92 Å². The van der Waals surface area contributed by atoms with E-state index in [9.17, 15) is 0 Å². The predicted octanol–water partition coefficient (Wildman–Crippen LogP) is 12.2. The molecule has 0 N–H and O–H groups in total. The first-order valence-corrected chi connectivity index (χ1v) is 15.5. The maximum Gasteiger partial charge on any atom is -0.0122 e. The Morgan fingerprint density at radius 2 is 0.719 bits per heavy atom. The van der Waals surface area contributed by atoms with Crippen LogP contribution >= 0.6 is 26.2 Å². The highest BCUT2D eigenvalue weighted by atomic mass is 79.9. The molecule has 0 saturated carbocycles. The van der Waals surface area contributed by atoms with E-state index < -0.39 is 0 Å². The fourth-order valence-corrected chi connectivity index (χ4v) is 6.10. The van der Waals surface area contributed by atoms with E-state index in [1.807, 2.05) is 0 Å². The van der Waals surface area contributed by atoms with E-state index in [1.54, 1.807) is 0 Å². The van der Waals surface area contributed by atoms with Crippen LogP contribution in [-0.4, -0.2) is 5.16 Å². The summed E-state index contributed by atoms with van der Waals surface area (Å²) in [6.07, 6.45) is 34.6. The smallest absolute Gasteiger partial charge is 0.0122 e. The molecule has 2 heteroatoms. The van der Waals surface area contributed by atoms with Crippen LogP contribution in [0.15, 0.2) is 0 Å². The molecular formula is C30H64BrP. The van der Waals surface area contributed by atoms with Crippen LogP contribution in [0.2, 0.25) is 0 Å². The number of unbranched alkanes of at least 4 members (excludes halogenated alkanes) is 16. The third kappa shape index (κ3) is 20.3. The molecule has 0 aliphatic carbocycles. The molecule has 0 aromatic rings. The van der Waals surface area contributed by atoms with Crippen molar-refractivity contribution in [3.05, 3.63) is 0 Å². The van der Waals surface area contributed by atoms with Gasteiger partial charge in [0, 0.05) is 0 Å². The molecule has 0 aromatic heterocycles. The zero-order valence-electron chi connectivity index (χ0n) is 23.0. The summed E-state index contributed by atoms with van der Waals surface area (Å²) in [6, 6.07) is 0. The van der Waals surface area contributed by atoms with Crippen molar-refractivity contribution < 1.29 is 0 Å². The van der Waals surface area contributed by atoms with Gasteiger partial charge in [0.1, 0.15) is 0 Å².